The highest BCUT2D eigenvalue weighted by atomic mass is 16.5. The van der Waals surface area contributed by atoms with Gasteiger partial charge in [0.2, 0.25) is 0 Å². The summed E-state index contributed by atoms with van der Waals surface area (Å²) in [6.07, 6.45) is 5.29. The maximum Gasteiger partial charge on any atom is 0.293 e. The van der Waals surface area contributed by atoms with E-state index >= 15 is 0 Å². The van der Waals surface area contributed by atoms with E-state index < -0.39 is 0 Å². The number of rotatable bonds is 9. The van der Waals surface area contributed by atoms with Crippen molar-refractivity contribution in [3.05, 3.63) is 72.6 Å². The fraction of sp³-hybridized carbons (Fsp3) is 0.188. The van der Waals surface area contributed by atoms with Crippen molar-refractivity contribution in [1.29, 1.82) is 0 Å². The van der Waals surface area contributed by atoms with Crippen LogP contribution in [0, 0.1) is 0 Å². The van der Waals surface area contributed by atoms with Crippen LogP contribution >= 0.6 is 0 Å². The van der Waals surface area contributed by atoms with Crippen LogP contribution in [-0.4, -0.2) is 20.2 Å². The minimum atomic E-state index is 0.0879. The second-order valence-corrected chi connectivity index (χ2v) is 3.93. The van der Waals surface area contributed by atoms with Crippen LogP contribution in [0.1, 0.15) is 6.92 Å². The molecule has 0 radical (unpaired) electrons. The van der Waals surface area contributed by atoms with E-state index in [2.05, 4.69) is 26.3 Å². The molecule has 3 nitrogen and oxygen atoms in total. The molecule has 0 aromatic heterocycles. The lowest BCUT2D eigenvalue weighted by Gasteiger charge is -2.11. The van der Waals surface area contributed by atoms with Crippen LogP contribution in [0.3, 0.4) is 0 Å². The van der Waals surface area contributed by atoms with E-state index in [0.717, 1.165) is 5.57 Å². The molecule has 0 fully saturated rings. The van der Waals surface area contributed by atoms with Crippen LogP contribution in [-0.2, 0) is 14.3 Å². The quantitative estimate of drug-likeness (QED) is 0.361. The van der Waals surface area contributed by atoms with Crippen LogP contribution in [0.25, 0.3) is 0 Å². The van der Waals surface area contributed by atoms with Crippen LogP contribution < -0.4 is 0 Å². The third-order valence-corrected chi connectivity index (χ3v) is 2.25. The third kappa shape index (κ3) is 6.88. The summed E-state index contributed by atoms with van der Waals surface area (Å²) in [5.41, 5.74) is 2.94. The van der Waals surface area contributed by atoms with Crippen molar-refractivity contribution >= 4 is 6.47 Å². The Labute approximate surface area is 114 Å². The largest absolute Gasteiger partial charge is 0.497 e. The maximum absolute atomic E-state index is 10.3. The number of carbonyl (C=O) groups excluding carboxylic acids is 1. The Bertz CT molecular complexity index is 451. The summed E-state index contributed by atoms with van der Waals surface area (Å²) in [5, 5.41) is 0. The standard InChI is InChI=1S/C16H20O3/c1-12(2)7-8-13(3)15(5)16(10-19-11-17)9-14(4)18-6/h7-9,11H,1,3-5,10H2,2,6H3/b8-7-,16-9-. The van der Waals surface area contributed by atoms with Gasteiger partial charge in [0.15, 0.2) is 0 Å². The molecular weight excluding hydrogens is 240 g/mol. The predicted molar refractivity (Wildman–Crippen MR) is 78.5 cm³/mol. The first-order valence-corrected chi connectivity index (χ1v) is 5.63. The zero-order valence-electron chi connectivity index (χ0n) is 11.6. The van der Waals surface area contributed by atoms with Crippen molar-refractivity contribution in [2.75, 3.05) is 13.7 Å². The third-order valence-electron chi connectivity index (χ3n) is 2.25. The Balaban J connectivity index is 5.04. The molecular formula is C16H20O3. The monoisotopic (exact) mass is 260 g/mol. The van der Waals surface area contributed by atoms with E-state index in [1.807, 2.05) is 13.0 Å². The molecule has 0 aliphatic carbocycles. The highest BCUT2D eigenvalue weighted by Gasteiger charge is 2.06. The molecule has 0 amide bonds. The molecule has 0 N–H and O–H groups in total. The van der Waals surface area contributed by atoms with Gasteiger partial charge in [-0.1, -0.05) is 44.0 Å². The number of carbonyl (C=O) groups is 1. The Kier molecular flexibility index (Phi) is 7.70. The second kappa shape index (κ2) is 8.75. The van der Waals surface area contributed by atoms with Crippen LogP contribution in [0.15, 0.2) is 72.6 Å². The first kappa shape index (κ1) is 16.7. The number of allylic oxidation sites excluding steroid dienone is 5. The fourth-order valence-corrected chi connectivity index (χ4v) is 1.14. The van der Waals surface area contributed by atoms with Crippen molar-refractivity contribution in [1.82, 2.24) is 0 Å². The average molecular weight is 260 g/mol. The van der Waals surface area contributed by atoms with Gasteiger partial charge in [0, 0.05) is 5.57 Å². The van der Waals surface area contributed by atoms with Gasteiger partial charge in [-0.3, -0.25) is 4.79 Å². The molecule has 0 rings (SSSR count). The van der Waals surface area contributed by atoms with E-state index in [4.69, 9.17) is 9.47 Å². The maximum atomic E-state index is 10.3. The number of hydrogen-bond donors (Lipinski definition) is 0. The average Bonchev–Trinajstić information content (AvgIpc) is 2.39. The minimum absolute atomic E-state index is 0.0879. The molecule has 0 saturated carbocycles. The van der Waals surface area contributed by atoms with Crippen molar-refractivity contribution in [2.45, 2.75) is 6.92 Å². The van der Waals surface area contributed by atoms with Gasteiger partial charge in [0.05, 0.1) is 7.11 Å². The Morgan fingerprint density at radius 2 is 1.79 bits per heavy atom. The van der Waals surface area contributed by atoms with Crippen molar-refractivity contribution in [2.24, 2.45) is 0 Å². The van der Waals surface area contributed by atoms with E-state index in [9.17, 15) is 4.79 Å². The van der Waals surface area contributed by atoms with Crippen LogP contribution in [0.5, 0.6) is 0 Å². The molecule has 0 saturated heterocycles. The number of ether oxygens (including phenoxy) is 2. The lowest BCUT2D eigenvalue weighted by molar-refractivity contribution is -0.127. The molecule has 0 aliphatic heterocycles. The summed E-state index contributed by atoms with van der Waals surface area (Å²) in [6.45, 7) is 17.6. The van der Waals surface area contributed by atoms with Crippen LogP contribution in [0.4, 0.5) is 0 Å². The van der Waals surface area contributed by atoms with E-state index in [1.54, 1.807) is 12.2 Å². The van der Waals surface area contributed by atoms with Gasteiger partial charge in [0.1, 0.15) is 12.4 Å². The second-order valence-electron chi connectivity index (χ2n) is 3.93. The molecule has 0 heterocycles. The number of hydrogen-bond acceptors (Lipinski definition) is 3. The summed E-state index contributed by atoms with van der Waals surface area (Å²) in [6, 6.07) is 0. The predicted octanol–water partition coefficient (Wildman–Crippen LogP) is 3.49. The molecule has 0 spiro atoms. The normalized spacial score (nSPS) is 10.9. The van der Waals surface area contributed by atoms with Crippen LogP contribution in [0.2, 0.25) is 0 Å². The van der Waals surface area contributed by atoms with Gasteiger partial charge in [0.25, 0.3) is 6.47 Å². The van der Waals surface area contributed by atoms with E-state index in [1.165, 1.54) is 7.11 Å². The zero-order valence-corrected chi connectivity index (χ0v) is 11.6. The summed E-state index contributed by atoms with van der Waals surface area (Å²) < 4.78 is 9.72. The molecule has 0 unspecified atom stereocenters. The molecule has 3 heteroatoms. The summed E-state index contributed by atoms with van der Waals surface area (Å²) >= 11 is 0. The van der Waals surface area contributed by atoms with E-state index in [0.29, 0.717) is 29.0 Å². The number of methoxy groups -OCH3 is 1. The zero-order chi connectivity index (χ0) is 14.8. The molecule has 0 atom stereocenters. The van der Waals surface area contributed by atoms with Gasteiger partial charge < -0.3 is 9.47 Å². The van der Waals surface area contributed by atoms with Crippen molar-refractivity contribution in [3.63, 3.8) is 0 Å². The lowest BCUT2D eigenvalue weighted by Crippen LogP contribution is -2.01. The summed E-state index contributed by atoms with van der Waals surface area (Å²) in [7, 11) is 1.51. The molecule has 0 aromatic rings. The van der Waals surface area contributed by atoms with Gasteiger partial charge in [-0.25, -0.2) is 0 Å². The molecule has 0 bridgehead atoms. The molecule has 19 heavy (non-hydrogen) atoms. The van der Waals surface area contributed by atoms with Gasteiger partial charge in [-0.05, 0) is 24.1 Å². The van der Waals surface area contributed by atoms with Crippen molar-refractivity contribution in [3.8, 4) is 0 Å². The smallest absolute Gasteiger partial charge is 0.293 e. The minimum Gasteiger partial charge on any atom is -0.497 e. The van der Waals surface area contributed by atoms with E-state index in [-0.39, 0.29) is 6.61 Å². The summed E-state index contributed by atoms with van der Waals surface area (Å²) in [4.78, 5) is 10.3. The highest BCUT2D eigenvalue weighted by molar-refractivity contribution is 5.52. The first-order valence-electron chi connectivity index (χ1n) is 5.63. The fourth-order valence-electron chi connectivity index (χ4n) is 1.14. The Morgan fingerprint density at radius 1 is 1.16 bits per heavy atom. The van der Waals surface area contributed by atoms with Gasteiger partial charge in [-0.2, -0.15) is 0 Å². The van der Waals surface area contributed by atoms with Crippen molar-refractivity contribution < 1.29 is 14.3 Å². The first-order chi connectivity index (χ1) is 8.92. The van der Waals surface area contributed by atoms with Gasteiger partial charge in [-0.15, -0.1) is 0 Å². The Morgan fingerprint density at radius 3 is 2.26 bits per heavy atom. The lowest BCUT2D eigenvalue weighted by atomic mass is 9.99. The summed E-state index contributed by atoms with van der Waals surface area (Å²) in [5.74, 6) is 0.447. The topological polar surface area (TPSA) is 35.5 Å². The molecule has 0 aliphatic rings. The molecule has 102 valence electrons. The SMILES string of the molecule is C=C(C)/C=C\C(=C)C(=C)/C(=C\C(=C)OC)COC=O. The van der Waals surface area contributed by atoms with Gasteiger partial charge >= 0.3 is 0 Å². The Hall–Kier alpha value is -2.29. The molecule has 0 aromatic carbocycles. The highest BCUT2D eigenvalue weighted by Crippen LogP contribution is 2.19.